The summed E-state index contributed by atoms with van der Waals surface area (Å²) in [5.41, 5.74) is 1.05. The fraction of sp³-hybridized carbons (Fsp3) is 0.167. The third kappa shape index (κ3) is 5.00. The number of thioether (sulfide) groups is 1. The lowest BCUT2D eigenvalue weighted by Crippen LogP contribution is -2.24. The number of hydrogen-bond donors (Lipinski definition) is 0. The molecule has 2 aromatic carbocycles. The van der Waals surface area contributed by atoms with Crippen LogP contribution in [0.5, 0.6) is 5.75 Å². The van der Waals surface area contributed by atoms with Crippen molar-refractivity contribution in [1.82, 2.24) is 14.8 Å². The van der Waals surface area contributed by atoms with Gasteiger partial charge < -0.3 is 14.6 Å². The van der Waals surface area contributed by atoms with Crippen molar-refractivity contribution in [1.29, 1.82) is 0 Å². The van der Waals surface area contributed by atoms with Gasteiger partial charge in [-0.1, -0.05) is 53.7 Å². The highest BCUT2D eigenvalue weighted by Gasteiger charge is 2.14. The predicted octanol–water partition coefficient (Wildman–Crippen LogP) is 2.40. The Balaban J connectivity index is 1.78. The van der Waals surface area contributed by atoms with Crippen LogP contribution in [-0.4, -0.2) is 26.5 Å². The summed E-state index contributed by atoms with van der Waals surface area (Å²) in [6.45, 7) is 0.718. The molecule has 3 aromatic rings. The number of carboxylic acid groups (broad SMARTS) is 1. The second-order valence-corrected chi connectivity index (χ2v) is 6.75. The van der Waals surface area contributed by atoms with E-state index in [9.17, 15) is 9.90 Å². The number of ether oxygens (including phenoxy) is 1. The zero-order valence-corrected chi connectivity index (χ0v) is 15.2. The van der Waals surface area contributed by atoms with Crippen LogP contribution in [0, 0.1) is 0 Å². The largest absolute Gasteiger partial charge is 0.549 e. The number of aliphatic carboxylic acids is 1. The molecule has 0 bridgehead atoms. The first kappa shape index (κ1) is 18.3. The minimum Gasteiger partial charge on any atom is -0.549 e. The van der Waals surface area contributed by atoms with Crippen molar-refractivity contribution in [2.45, 2.75) is 18.3 Å². The van der Waals surface area contributed by atoms with Gasteiger partial charge in [0, 0.05) is 10.8 Å². The Morgan fingerprint density at radius 2 is 1.85 bits per heavy atom. The quantitative estimate of drug-likeness (QED) is 0.551. The zero-order chi connectivity index (χ0) is 18.4. The van der Waals surface area contributed by atoms with Crippen LogP contribution in [0.25, 0.3) is 0 Å². The van der Waals surface area contributed by atoms with Gasteiger partial charge in [0.2, 0.25) is 0 Å². The lowest BCUT2D eigenvalue weighted by atomic mass is 10.2. The summed E-state index contributed by atoms with van der Waals surface area (Å²) in [5.74, 6) is -0.0780. The summed E-state index contributed by atoms with van der Waals surface area (Å²) in [4.78, 5) is 10.8. The molecule has 3 rings (SSSR count). The number of aromatic nitrogens is 3. The maximum Gasteiger partial charge on any atom is 0.192 e. The van der Waals surface area contributed by atoms with Gasteiger partial charge in [0.25, 0.3) is 0 Å². The van der Waals surface area contributed by atoms with Crippen LogP contribution in [0.4, 0.5) is 0 Å². The van der Waals surface area contributed by atoms with Crippen LogP contribution in [0.1, 0.15) is 11.4 Å². The zero-order valence-electron chi connectivity index (χ0n) is 13.7. The van der Waals surface area contributed by atoms with E-state index in [4.69, 9.17) is 16.3 Å². The van der Waals surface area contributed by atoms with E-state index in [1.54, 1.807) is 24.3 Å². The highest BCUT2D eigenvalue weighted by Crippen LogP contribution is 2.21. The van der Waals surface area contributed by atoms with Gasteiger partial charge in [-0.25, -0.2) is 0 Å². The Hall–Kier alpha value is -2.51. The molecule has 1 heterocycles. The molecule has 0 radical (unpaired) electrons. The van der Waals surface area contributed by atoms with Gasteiger partial charge in [-0.3, -0.25) is 4.57 Å². The maximum atomic E-state index is 10.8. The van der Waals surface area contributed by atoms with Crippen LogP contribution < -0.4 is 9.84 Å². The summed E-state index contributed by atoms with van der Waals surface area (Å²) in [5, 5.41) is 20.1. The molecule has 0 amide bonds. The van der Waals surface area contributed by atoms with Crippen molar-refractivity contribution in [2.75, 3.05) is 5.75 Å². The van der Waals surface area contributed by atoms with Gasteiger partial charge in [0.05, 0.1) is 12.5 Å². The molecule has 134 valence electrons. The topological polar surface area (TPSA) is 80.1 Å². The highest BCUT2D eigenvalue weighted by molar-refractivity contribution is 7.99. The number of carbonyl (C=O) groups excluding carboxylic acids is 1. The standard InChI is InChI=1S/C18H16ClN3O3S/c19-14-6-8-15(9-7-14)25-11-16-20-21-18(26-12-17(23)24)22(16)10-13-4-2-1-3-5-13/h1-9H,10-12H2,(H,23,24)/p-1. The molecule has 0 aliphatic rings. The van der Waals surface area contributed by atoms with Crippen molar-refractivity contribution < 1.29 is 14.6 Å². The van der Waals surface area contributed by atoms with Crippen molar-refractivity contribution in [2.24, 2.45) is 0 Å². The molecule has 26 heavy (non-hydrogen) atoms. The minimum atomic E-state index is -1.15. The number of carboxylic acids is 1. The van der Waals surface area contributed by atoms with E-state index in [-0.39, 0.29) is 12.4 Å². The first-order valence-corrected chi connectivity index (χ1v) is 9.15. The van der Waals surface area contributed by atoms with Gasteiger partial charge in [-0.2, -0.15) is 0 Å². The van der Waals surface area contributed by atoms with Crippen LogP contribution in [0.3, 0.4) is 0 Å². The molecule has 0 saturated heterocycles. The third-order valence-corrected chi connectivity index (χ3v) is 4.67. The fourth-order valence-corrected chi connectivity index (χ4v) is 3.06. The summed E-state index contributed by atoms with van der Waals surface area (Å²) in [7, 11) is 0. The van der Waals surface area contributed by atoms with E-state index in [1.165, 1.54) is 0 Å². The third-order valence-electron chi connectivity index (χ3n) is 3.48. The van der Waals surface area contributed by atoms with Gasteiger partial charge in [-0.05, 0) is 29.8 Å². The predicted molar refractivity (Wildman–Crippen MR) is 97.1 cm³/mol. The van der Waals surface area contributed by atoms with E-state index in [1.807, 2.05) is 34.9 Å². The molecule has 1 aromatic heterocycles. The fourth-order valence-electron chi connectivity index (χ4n) is 2.26. The number of hydrogen-bond acceptors (Lipinski definition) is 6. The van der Waals surface area contributed by atoms with Crippen LogP contribution in [0.2, 0.25) is 5.02 Å². The monoisotopic (exact) mass is 388 g/mol. The smallest absolute Gasteiger partial charge is 0.192 e. The Morgan fingerprint density at radius 3 is 2.54 bits per heavy atom. The molecule has 0 aliphatic carbocycles. The van der Waals surface area contributed by atoms with Crippen LogP contribution in [0.15, 0.2) is 59.8 Å². The highest BCUT2D eigenvalue weighted by atomic mass is 35.5. The molecule has 0 atom stereocenters. The van der Waals surface area contributed by atoms with Crippen molar-refractivity contribution in [3.8, 4) is 5.75 Å². The number of rotatable bonds is 8. The first-order valence-electron chi connectivity index (χ1n) is 7.79. The Bertz CT molecular complexity index is 869. The first-order chi connectivity index (χ1) is 12.6. The lowest BCUT2D eigenvalue weighted by Gasteiger charge is -2.11. The SMILES string of the molecule is O=C([O-])CSc1nnc(COc2ccc(Cl)cc2)n1Cc1ccccc1. The number of benzene rings is 2. The second-order valence-electron chi connectivity index (χ2n) is 5.37. The normalized spacial score (nSPS) is 10.7. The van der Waals surface area contributed by atoms with Crippen molar-refractivity contribution in [3.05, 3.63) is 71.0 Å². The summed E-state index contributed by atoms with van der Waals surface area (Å²) >= 11 is 6.94. The molecule has 0 aliphatic heterocycles. The average molecular weight is 389 g/mol. The van der Waals surface area contributed by atoms with E-state index in [2.05, 4.69) is 10.2 Å². The van der Waals surface area contributed by atoms with Crippen LogP contribution in [-0.2, 0) is 17.9 Å². The average Bonchev–Trinajstić information content (AvgIpc) is 3.02. The molecule has 0 fully saturated rings. The van der Waals surface area contributed by atoms with Gasteiger partial charge in [0.1, 0.15) is 12.4 Å². The molecule has 0 saturated carbocycles. The Kier molecular flexibility index (Phi) is 6.14. The Morgan fingerprint density at radius 1 is 1.12 bits per heavy atom. The molecule has 8 heteroatoms. The summed E-state index contributed by atoms with van der Waals surface area (Å²) in [6.07, 6.45) is 0. The second kappa shape index (κ2) is 8.73. The van der Waals surface area contributed by atoms with E-state index in [0.29, 0.717) is 28.3 Å². The molecular formula is C18H15ClN3O3S-. The molecule has 6 nitrogen and oxygen atoms in total. The van der Waals surface area contributed by atoms with Crippen molar-refractivity contribution in [3.63, 3.8) is 0 Å². The van der Waals surface area contributed by atoms with E-state index < -0.39 is 5.97 Å². The number of halogens is 1. The Labute approximate surface area is 159 Å². The van der Waals surface area contributed by atoms with Crippen LogP contribution >= 0.6 is 23.4 Å². The lowest BCUT2D eigenvalue weighted by molar-refractivity contribution is -0.301. The van der Waals surface area contributed by atoms with Gasteiger partial charge >= 0.3 is 0 Å². The van der Waals surface area contributed by atoms with E-state index in [0.717, 1.165) is 17.3 Å². The molecule has 0 N–H and O–H groups in total. The maximum absolute atomic E-state index is 10.8. The number of nitrogens with zero attached hydrogens (tertiary/aromatic N) is 3. The summed E-state index contributed by atoms with van der Waals surface area (Å²) in [6, 6.07) is 16.8. The van der Waals surface area contributed by atoms with Gasteiger partial charge in [-0.15, -0.1) is 10.2 Å². The van der Waals surface area contributed by atoms with E-state index >= 15 is 0 Å². The van der Waals surface area contributed by atoms with Gasteiger partial charge in [0.15, 0.2) is 11.0 Å². The number of carbonyl (C=O) groups is 1. The molecule has 0 unspecified atom stereocenters. The van der Waals surface area contributed by atoms with Crippen molar-refractivity contribution >= 4 is 29.3 Å². The summed E-state index contributed by atoms with van der Waals surface area (Å²) < 4.78 is 7.59. The minimum absolute atomic E-state index is 0.190. The molecule has 0 spiro atoms. The molecular weight excluding hydrogens is 374 g/mol.